The number of hydrogen-bond acceptors (Lipinski definition) is 4. The van der Waals surface area contributed by atoms with E-state index in [1.165, 1.54) is 66.1 Å². The summed E-state index contributed by atoms with van der Waals surface area (Å²) in [4.78, 5) is 21.7. The summed E-state index contributed by atoms with van der Waals surface area (Å²) in [5.41, 5.74) is 11.5. The van der Waals surface area contributed by atoms with Gasteiger partial charge in [-0.15, -0.1) is 0 Å². The lowest BCUT2D eigenvalue weighted by Gasteiger charge is -2.30. The van der Waals surface area contributed by atoms with Crippen LogP contribution >= 0.6 is 8.60 Å². The fourth-order valence-electron chi connectivity index (χ4n) is 7.49. The normalized spacial score (nSPS) is 13.3. The zero-order valence-electron chi connectivity index (χ0n) is 38.0. The van der Waals surface area contributed by atoms with Crippen molar-refractivity contribution in [1.82, 2.24) is 0 Å². The first kappa shape index (κ1) is 45.4. The molecule has 4 nitrogen and oxygen atoms in total. The Morgan fingerprint density at radius 1 is 0.393 bits per heavy atom. The van der Waals surface area contributed by atoms with Crippen LogP contribution in [0.15, 0.2) is 66.7 Å². The van der Waals surface area contributed by atoms with Gasteiger partial charge in [0.2, 0.25) is 0 Å². The summed E-state index contributed by atoms with van der Waals surface area (Å²) in [6.45, 7) is 44.0. The highest BCUT2D eigenvalue weighted by Gasteiger charge is 2.29. The van der Waals surface area contributed by atoms with Crippen molar-refractivity contribution < 1.29 is 19.4 Å². The molecular weight excluding hydrogens is 708 g/mol. The monoisotopic (exact) mass is 779 g/mol. The lowest BCUT2D eigenvalue weighted by molar-refractivity contribution is 0.368. The summed E-state index contributed by atoms with van der Waals surface area (Å²) >= 11 is 0. The highest BCUT2D eigenvalue weighted by molar-refractivity contribution is 7.38. The van der Waals surface area contributed by atoms with Gasteiger partial charge in [0.05, 0.1) is 0 Å². The van der Waals surface area contributed by atoms with E-state index in [4.69, 9.17) is 19.4 Å². The third kappa shape index (κ3) is 10.4. The predicted molar refractivity (Wildman–Crippen MR) is 244 cm³/mol. The van der Waals surface area contributed by atoms with Crippen LogP contribution in [0.4, 0.5) is 0 Å². The molecule has 5 aromatic carbocycles. The van der Waals surface area contributed by atoms with Crippen LogP contribution in [0.25, 0.3) is 32.7 Å². The zero-order chi connectivity index (χ0) is 42.7. The minimum absolute atomic E-state index is 0.0176. The minimum atomic E-state index is -2.62. The van der Waals surface area contributed by atoms with Gasteiger partial charge in [-0.2, -0.15) is 0 Å². The Bertz CT molecular complexity index is 2220. The second-order valence-electron chi connectivity index (χ2n) is 22.1. The second-order valence-corrected chi connectivity index (χ2v) is 22.6. The predicted octanol–water partition coefficient (Wildman–Crippen LogP) is 14.7. The van der Waals surface area contributed by atoms with Gasteiger partial charge in [0.1, 0.15) is 11.5 Å². The van der Waals surface area contributed by atoms with Gasteiger partial charge in [-0.3, -0.25) is 0 Å². The Balaban J connectivity index is 0.00000166. The lowest BCUT2D eigenvalue weighted by atomic mass is 9.75. The average molecular weight is 779 g/mol. The maximum absolute atomic E-state index is 7.29. The second kappa shape index (κ2) is 15.5. The molecule has 56 heavy (non-hydrogen) atoms. The van der Waals surface area contributed by atoms with Crippen molar-refractivity contribution in [3.8, 4) is 22.6 Å². The molecule has 0 spiro atoms. The van der Waals surface area contributed by atoms with E-state index in [2.05, 4.69) is 198 Å². The van der Waals surface area contributed by atoms with Crippen LogP contribution in [0.2, 0.25) is 0 Å². The third-order valence-electron chi connectivity index (χ3n) is 10.8. The summed E-state index contributed by atoms with van der Waals surface area (Å²) in [7, 11) is -2.62. The summed E-state index contributed by atoms with van der Waals surface area (Å²) in [5, 5.41) is 5.19. The number of aryl methyl sites for hydroxylation is 1. The van der Waals surface area contributed by atoms with Crippen LogP contribution < -0.4 is 4.74 Å². The van der Waals surface area contributed by atoms with Crippen molar-refractivity contribution in [2.75, 3.05) is 0 Å². The SMILES string of the molecule is Cc1ccc(Oc2cc3c(C(C)(C)C)cc(C(C)(C)C)cc3cc2C(C)(C)C)c(-c2cc3c(C(C)(C)C)cc(C(C)(C)C)cc3cc2C(C)(C)C)c1.OP(O)O. The van der Waals surface area contributed by atoms with Crippen LogP contribution in [-0.4, -0.2) is 14.7 Å². The molecule has 0 unspecified atom stereocenters. The van der Waals surface area contributed by atoms with Gasteiger partial charge in [0.25, 0.3) is 0 Å². The molecule has 0 aliphatic carbocycles. The van der Waals surface area contributed by atoms with Crippen LogP contribution in [0, 0.1) is 6.92 Å². The Morgan fingerprint density at radius 2 is 0.786 bits per heavy atom. The van der Waals surface area contributed by atoms with Crippen molar-refractivity contribution in [2.24, 2.45) is 0 Å². The van der Waals surface area contributed by atoms with Crippen LogP contribution in [0.1, 0.15) is 164 Å². The number of ether oxygens (including phenoxy) is 1. The Kier molecular flexibility index (Phi) is 12.6. The van der Waals surface area contributed by atoms with E-state index < -0.39 is 8.60 Å². The fourth-order valence-corrected chi connectivity index (χ4v) is 7.49. The van der Waals surface area contributed by atoms with E-state index in [9.17, 15) is 0 Å². The van der Waals surface area contributed by atoms with Gasteiger partial charge in [0, 0.05) is 11.1 Å². The van der Waals surface area contributed by atoms with E-state index in [0.717, 1.165) is 17.1 Å². The first-order valence-corrected chi connectivity index (χ1v) is 21.3. The van der Waals surface area contributed by atoms with Gasteiger partial charge >= 0.3 is 8.60 Å². The average Bonchev–Trinajstić information content (AvgIpc) is 3.00. The fraction of sp³-hybridized carbons (Fsp3) is 0.490. The zero-order valence-corrected chi connectivity index (χ0v) is 38.9. The Labute approximate surface area is 340 Å². The highest BCUT2D eigenvalue weighted by atomic mass is 31.2. The van der Waals surface area contributed by atoms with Crippen molar-refractivity contribution in [3.63, 3.8) is 0 Å². The summed E-state index contributed by atoms with van der Waals surface area (Å²) in [6, 6.07) is 26.1. The molecule has 0 fully saturated rings. The van der Waals surface area contributed by atoms with Gasteiger partial charge in [-0.05, 0) is 131 Å². The van der Waals surface area contributed by atoms with Gasteiger partial charge in [-0.1, -0.05) is 161 Å². The van der Waals surface area contributed by atoms with Crippen LogP contribution in [0.5, 0.6) is 11.5 Å². The molecule has 0 radical (unpaired) electrons. The first-order valence-electron chi connectivity index (χ1n) is 20.1. The molecular formula is C51H71O4P. The van der Waals surface area contributed by atoms with Gasteiger partial charge in [-0.25, -0.2) is 0 Å². The maximum atomic E-state index is 7.29. The molecule has 3 N–H and O–H groups in total. The number of hydrogen-bond donors (Lipinski definition) is 3. The smallest absolute Gasteiger partial charge is 0.324 e. The molecule has 304 valence electrons. The quantitative estimate of drug-likeness (QED) is 0.160. The molecule has 5 heteroatoms. The van der Waals surface area contributed by atoms with E-state index >= 15 is 0 Å². The van der Waals surface area contributed by atoms with E-state index in [1.54, 1.807) is 0 Å². The highest BCUT2D eigenvalue weighted by Crippen LogP contribution is 2.47. The van der Waals surface area contributed by atoms with Crippen molar-refractivity contribution >= 4 is 30.1 Å². The summed E-state index contributed by atoms with van der Waals surface area (Å²) in [6.07, 6.45) is 0. The molecule has 0 saturated carbocycles. The Morgan fingerprint density at radius 3 is 1.18 bits per heavy atom. The minimum Gasteiger partial charge on any atom is -0.456 e. The van der Waals surface area contributed by atoms with Crippen LogP contribution in [-0.2, 0) is 32.5 Å². The molecule has 5 aromatic rings. The van der Waals surface area contributed by atoms with Crippen molar-refractivity contribution in [3.05, 3.63) is 106 Å². The summed E-state index contributed by atoms with van der Waals surface area (Å²) < 4.78 is 7.29. The number of fused-ring (bicyclic) bond motifs is 2. The third-order valence-corrected chi connectivity index (χ3v) is 10.8. The standard InChI is InChI=1S/C51H68O.H3O3P/c1-31-20-21-44(52-45-30-37-33(26-43(45)51(17,18)19)24-35(47(5,6)7)28-42(37)50(14,15)16)39(22-31)38-29-36-32(25-40(38)48(8,9)10)23-34(46(2,3)4)27-41(36)49(11,12)13;1-4(2)3/h20-30H,1-19H3;1-3H. The van der Waals surface area contributed by atoms with Gasteiger partial charge < -0.3 is 19.4 Å². The largest absolute Gasteiger partial charge is 0.456 e. The molecule has 0 aliphatic rings. The van der Waals surface area contributed by atoms with Gasteiger partial charge in [0.15, 0.2) is 0 Å². The molecule has 0 heterocycles. The van der Waals surface area contributed by atoms with Crippen molar-refractivity contribution in [2.45, 2.75) is 164 Å². The topological polar surface area (TPSA) is 69.9 Å². The molecule has 5 rings (SSSR count). The molecule has 0 saturated heterocycles. The molecule has 0 atom stereocenters. The number of rotatable bonds is 3. The van der Waals surface area contributed by atoms with E-state index in [-0.39, 0.29) is 32.5 Å². The molecule has 0 aliphatic heterocycles. The van der Waals surface area contributed by atoms with E-state index in [0.29, 0.717) is 0 Å². The lowest BCUT2D eigenvalue weighted by Crippen LogP contribution is -2.18. The number of benzene rings is 5. The summed E-state index contributed by atoms with van der Waals surface area (Å²) in [5.74, 6) is 1.83. The Hall–Kier alpha value is -3.27. The van der Waals surface area contributed by atoms with Crippen LogP contribution in [0.3, 0.4) is 0 Å². The maximum Gasteiger partial charge on any atom is 0.324 e. The molecule has 0 aromatic heterocycles. The molecule has 0 amide bonds. The van der Waals surface area contributed by atoms with Crippen molar-refractivity contribution in [1.29, 1.82) is 0 Å². The first-order chi connectivity index (χ1) is 25.2. The van der Waals surface area contributed by atoms with E-state index in [1.807, 2.05) is 0 Å². The molecule has 0 bridgehead atoms.